The van der Waals surface area contributed by atoms with Crippen LogP contribution in [0.1, 0.15) is 25.3 Å². The van der Waals surface area contributed by atoms with Crippen molar-refractivity contribution in [2.45, 2.75) is 38.1 Å². The van der Waals surface area contributed by atoms with Crippen LogP contribution in [0.15, 0.2) is 18.2 Å². The van der Waals surface area contributed by atoms with Crippen LogP contribution >= 0.6 is 0 Å². The SMILES string of the molecule is CC(Oc1ccc(C(F)(F)F)cc1N)C(=O)NC1CC1. The lowest BCUT2D eigenvalue weighted by Gasteiger charge is -2.17. The zero-order valence-electron chi connectivity index (χ0n) is 10.8. The minimum absolute atomic E-state index is 0.0662. The molecule has 1 aliphatic carbocycles. The summed E-state index contributed by atoms with van der Waals surface area (Å²) in [5, 5.41) is 2.74. The fourth-order valence-electron chi connectivity index (χ4n) is 1.62. The first-order chi connectivity index (χ1) is 9.27. The molecule has 1 aromatic carbocycles. The van der Waals surface area contributed by atoms with Crippen molar-refractivity contribution in [1.82, 2.24) is 5.32 Å². The number of carbonyl (C=O) groups excluding carboxylic acids is 1. The van der Waals surface area contributed by atoms with Crippen LogP contribution in [0.25, 0.3) is 0 Å². The van der Waals surface area contributed by atoms with Crippen LogP contribution in [0.4, 0.5) is 18.9 Å². The summed E-state index contributed by atoms with van der Waals surface area (Å²) < 4.78 is 42.7. The summed E-state index contributed by atoms with van der Waals surface area (Å²) in [6.07, 6.45) is -3.38. The van der Waals surface area contributed by atoms with Crippen molar-refractivity contribution in [2.24, 2.45) is 0 Å². The van der Waals surface area contributed by atoms with E-state index in [0.717, 1.165) is 31.0 Å². The summed E-state index contributed by atoms with van der Waals surface area (Å²) in [6, 6.07) is 2.98. The molecule has 1 aromatic rings. The minimum atomic E-state index is -4.46. The van der Waals surface area contributed by atoms with Gasteiger partial charge in [0.15, 0.2) is 6.10 Å². The molecular weight excluding hydrogens is 273 g/mol. The Kier molecular flexibility index (Phi) is 3.78. The zero-order chi connectivity index (χ0) is 14.9. The van der Waals surface area contributed by atoms with Gasteiger partial charge in [0.05, 0.1) is 11.3 Å². The van der Waals surface area contributed by atoms with E-state index < -0.39 is 17.8 Å². The fourth-order valence-corrected chi connectivity index (χ4v) is 1.62. The first-order valence-electron chi connectivity index (χ1n) is 6.21. The molecule has 0 radical (unpaired) electrons. The van der Waals surface area contributed by atoms with Crippen LogP contribution in [0, 0.1) is 0 Å². The van der Waals surface area contributed by atoms with E-state index in [-0.39, 0.29) is 23.4 Å². The van der Waals surface area contributed by atoms with Gasteiger partial charge < -0.3 is 15.8 Å². The predicted octanol–water partition coefficient (Wildman–Crippen LogP) is 2.33. The van der Waals surface area contributed by atoms with E-state index in [9.17, 15) is 18.0 Å². The smallest absolute Gasteiger partial charge is 0.416 e. The summed E-state index contributed by atoms with van der Waals surface area (Å²) in [5.41, 5.74) is 4.53. The molecule has 1 amide bonds. The number of halogens is 3. The molecule has 1 fully saturated rings. The Bertz CT molecular complexity index is 513. The van der Waals surface area contributed by atoms with Crippen molar-refractivity contribution in [3.8, 4) is 5.75 Å². The van der Waals surface area contributed by atoms with E-state index in [0.29, 0.717) is 0 Å². The number of alkyl halides is 3. The molecule has 3 N–H and O–H groups in total. The second-order valence-corrected chi connectivity index (χ2v) is 4.79. The van der Waals surface area contributed by atoms with Crippen LogP contribution < -0.4 is 15.8 Å². The maximum Gasteiger partial charge on any atom is 0.416 e. The molecule has 1 aliphatic rings. The highest BCUT2D eigenvalue weighted by molar-refractivity contribution is 5.81. The highest BCUT2D eigenvalue weighted by atomic mass is 19.4. The highest BCUT2D eigenvalue weighted by Crippen LogP contribution is 2.34. The Morgan fingerprint density at radius 2 is 2.10 bits per heavy atom. The van der Waals surface area contributed by atoms with E-state index in [1.165, 1.54) is 6.92 Å². The van der Waals surface area contributed by atoms with Crippen molar-refractivity contribution < 1.29 is 22.7 Å². The second kappa shape index (κ2) is 5.22. The lowest BCUT2D eigenvalue weighted by atomic mass is 10.2. The molecule has 2 rings (SSSR count). The summed E-state index contributed by atoms with van der Waals surface area (Å²) >= 11 is 0. The zero-order valence-corrected chi connectivity index (χ0v) is 10.8. The number of ether oxygens (including phenoxy) is 1. The number of rotatable bonds is 4. The summed E-state index contributed by atoms with van der Waals surface area (Å²) in [7, 11) is 0. The third-order valence-electron chi connectivity index (χ3n) is 2.93. The molecule has 1 atom stereocenters. The topological polar surface area (TPSA) is 64.3 Å². The molecule has 0 heterocycles. The molecule has 1 unspecified atom stereocenters. The third-order valence-corrected chi connectivity index (χ3v) is 2.93. The van der Waals surface area contributed by atoms with Crippen LogP contribution in [-0.4, -0.2) is 18.1 Å². The number of anilines is 1. The van der Waals surface area contributed by atoms with Crippen molar-refractivity contribution in [3.63, 3.8) is 0 Å². The molecule has 20 heavy (non-hydrogen) atoms. The van der Waals surface area contributed by atoms with Crippen molar-refractivity contribution in [1.29, 1.82) is 0 Å². The van der Waals surface area contributed by atoms with Gasteiger partial charge in [-0.3, -0.25) is 4.79 Å². The van der Waals surface area contributed by atoms with Gasteiger partial charge in [0.25, 0.3) is 5.91 Å². The molecule has 0 aliphatic heterocycles. The molecule has 0 saturated heterocycles. The maximum atomic E-state index is 12.5. The fraction of sp³-hybridized carbons (Fsp3) is 0.462. The van der Waals surface area contributed by atoms with E-state index in [1.54, 1.807) is 0 Å². The Balaban J connectivity index is 2.03. The lowest BCUT2D eigenvalue weighted by molar-refractivity contribution is -0.137. The summed E-state index contributed by atoms with van der Waals surface area (Å²) in [5.74, 6) is -0.233. The van der Waals surface area contributed by atoms with E-state index >= 15 is 0 Å². The van der Waals surface area contributed by atoms with Crippen LogP contribution in [0.5, 0.6) is 5.75 Å². The molecule has 0 bridgehead atoms. The van der Waals surface area contributed by atoms with Gasteiger partial charge in [-0.15, -0.1) is 0 Å². The van der Waals surface area contributed by atoms with Crippen LogP contribution in [0.2, 0.25) is 0 Å². The van der Waals surface area contributed by atoms with Crippen LogP contribution in [0.3, 0.4) is 0 Å². The van der Waals surface area contributed by atoms with Crippen molar-refractivity contribution >= 4 is 11.6 Å². The largest absolute Gasteiger partial charge is 0.479 e. The van der Waals surface area contributed by atoms with Crippen LogP contribution in [-0.2, 0) is 11.0 Å². The number of amides is 1. The van der Waals surface area contributed by atoms with Crippen molar-refractivity contribution in [3.05, 3.63) is 23.8 Å². The van der Waals surface area contributed by atoms with E-state index in [4.69, 9.17) is 10.5 Å². The van der Waals surface area contributed by atoms with Gasteiger partial charge in [-0.05, 0) is 38.0 Å². The Hall–Kier alpha value is -1.92. The maximum absolute atomic E-state index is 12.5. The third kappa shape index (κ3) is 3.55. The number of nitrogen functional groups attached to an aromatic ring is 1. The van der Waals surface area contributed by atoms with Gasteiger partial charge in [0, 0.05) is 6.04 Å². The molecule has 0 aromatic heterocycles. The molecule has 7 heteroatoms. The van der Waals surface area contributed by atoms with Gasteiger partial charge in [-0.25, -0.2) is 0 Å². The Morgan fingerprint density at radius 3 is 2.60 bits per heavy atom. The average Bonchev–Trinajstić information content (AvgIpc) is 3.14. The van der Waals surface area contributed by atoms with Gasteiger partial charge in [-0.2, -0.15) is 13.2 Å². The first kappa shape index (κ1) is 14.5. The second-order valence-electron chi connectivity index (χ2n) is 4.79. The number of benzene rings is 1. The van der Waals surface area contributed by atoms with Gasteiger partial charge in [0.2, 0.25) is 0 Å². The van der Waals surface area contributed by atoms with Crippen molar-refractivity contribution in [2.75, 3.05) is 5.73 Å². The Morgan fingerprint density at radius 1 is 1.45 bits per heavy atom. The quantitative estimate of drug-likeness (QED) is 0.836. The normalized spacial score (nSPS) is 16.6. The molecule has 0 spiro atoms. The van der Waals surface area contributed by atoms with E-state index in [2.05, 4.69) is 5.32 Å². The molecule has 110 valence electrons. The first-order valence-corrected chi connectivity index (χ1v) is 6.21. The summed E-state index contributed by atoms with van der Waals surface area (Å²) in [6.45, 7) is 1.52. The van der Waals surface area contributed by atoms with E-state index in [1.807, 2.05) is 0 Å². The molecule has 4 nitrogen and oxygen atoms in total. The number of nitrogens with two attached hydrogens (primary N) is 1. The van der Waals surface area contributed by atoms with Gasteiger partial charge in [-0.1, -0.05) is 0 Å². The molecule has 1 saturated carbocycles. The molecular formula is C13H15F3N2O2. The summed E-state index contributed by atoms with van der Waals surface area (Å²) in [4.78, 5) is 11.7. The average molecular weight is 288 g/mol. The monoisotopic (exact) mass is 288 g/mol. The number of hydrogen-bond donors (Lipinski definition) is 2. The number of hydrogen-bond acceptors (Lipinski definition) is 3. The highest BCUT2D eigenvalue weighted by Gasteiger charge is 2.31. The van der Waals surface area contributed by atoms with Gasteiger partial charge in [0.1, 0.15) is 5.75 Å². The number of carbonyl (C=O) groups is 1. The minimum Gasteiger partial charge on any atom is -0.479 e. The lowest BCUT2D eigenvalue weighted by Crippen LogP contribution is -2.37. The Labute approximate surface area is 114 Å². The van der Waals surface area contributed by atoms with Gasteiger partial charge >= 0.3 is 6.18 Å². The number of nitrogens with one attached hydrogen (secondary N) is 1. The standard InChI is InChI=1S/C13H15F3N2O2/c1-7(12(19)18-9-3-4-9)20-11-5-2-8(6-10(11)17)13(14,15)16/h2,5-7,9H,3-4,17H2,1H3,(H,18,19). The predicted molar refractivity (Wildman–Crippen MR) is 67.1 cm³/mol.